The summed E-state index contributed by atoms with van der Waals surface area (Å²) >= 11 is 4.20. The molecule has 0 amide bonds. The molecule has 0 radical (unpaired) electrons. The Kier molecular flexibility index (Phi) is 4.07. The predicted octanol–water partition coefficient (Wildman–Crippen LogP) is 2.40. The molecule has 17 heavy (non-hydrogen) atoms. The number of anilines is 2. The number of halogens is 3. The molecule has 0 bridgehead atoms. The molecule has 0 aromatic carbocycles. The van der Waals surface area contributed by atoms with E-state index in [0.717, 1.165) is 0 Å². The van der Waals surface area contributed by atoms with E-state index >= 15 is 0 Å². The maximum absolute atomic E-state index is 12.4. The number of rotatable bonds is 3. The molecule has 0 saturated heterocycles. The largest absolute Gasteiger partial charge is 0.421 e. The van der Waals surface area contributed by atoms with Gasteiger partial charge in [0, 0.05) is 6.20 Å². The number of thiol groups is 1. The Balaban J connectivity index is 2.90. The normalized spacial score (nSPS) is 13.8. The molecule has 0 saturated carbocycles. The zero-order chi connectivity index (χ0) is 13.2. The monoisotopic (exact) mass is 266 g/mol. The van der Waals surface area contributed by atoms with Gasteiger partial charge in [0.05, 0.1) is 5.37 Å². The van der Waals surface area contributed by atoms with Crippen LogP contribution in [0.15, 0.2) is 6.20 Å². The van der Waals surface area contributed by atoms with Crippen LogP contribution in [0.1, 0.15) is 19.4 Å². The van der Waals surface area contributed by atoms with Crippen LogP contribution < -0.4 is 11.1 Å². The van der Waals surface area contributed by atoms with Gasteiger partial charge >= 0.3 is 6.18 Å². The molecule has 0 fully saturated rings. The topological polar surface area (TPSA) is 63.8 Å². The summed E-state index contributed by atoms with van der Waals surface area (Å²) < 4.78 is 37.1. The minimum Gasteiger partial charge on any atom is -0.383 e. The fourth-order valence-electron chi connectivity index (χ4n) is 0.982. The van der Waals surface area contributed by atoms with E-state index in [9.17, 15) is 13.2 Å². The first kappa shape index (κ1) is 13.9. The number of nitrogens with two attached hydrogens (primary N) is 1. The number of hydrogen-bond acceptors (Lipinski definition) is 5. The summed E-state index contributed by atoms with van der Waals surface area (Å²) in [7, 11) is 0. The van der Waals surface area contributed by atoms with Crippen molar-refractivity contribution in [1.82, 2.24) is 9.97 Å². The van der Waals surface area contributed by atoms with Crippen LogP contribution in [-0.4, -0.2) is 15.3 Å². The highest BCUT2D eigenvalue weighted by atomic mass is 32.1. The first-order valence-corrected chi connectivity index (χ1v) is 5.37. The molecule has 1 heterocycles. The Morgan fingerprint density at radius 3 is 2.41 bits per heavy atom. The first-order valence-electron chi connectivity index (χ1n) is 4.86. The third-order valence-electron chi connectivity index (χ3n) is 2.03. The average Bonchev–Trinajstić information content (AvgIpc) is 2.15. The van der Waals surface area contributed by atoms with Crippen molar-refractivity contribution in [1.29, 1.82) is 0 Å². The summed E-state index contributed by atoms with van der Waals surface area (Å²) in [6.45, 7) is 3.80. The lowest BCUT2D eigenvalue weighted by Gasteiger charge is -2.17. The Hall–Kier alpha value is -1.18. The molecule has 0 aliphatic carbocycles. The van der Waals surface area contributed by atoms with Crippen molar-refractivity contribution in [2.45, 2.75) is 25.4 Å². The molecule has 96 valence electrons. The van der Waals surface area contributed by atoms with Gasteiger partial charge in [-0.05, 0) is 5.92 Å². The Bertz CT molecular complexity index is 394. The standard InChI is InChI=1S/C9H13F3N4S/c1-4(2)7(17)16-8-14-3-5(6(13)15-8)9(10,11)12/h3-4,7,17H,1-2H3,(H3,13,14,15,16)/t7-/m1/s1. The van der Waals surface area contributed by atoms with Crippen LogP contribution >= 0.6 is 12.6 Å². The lowest BCUT2D eigenvalue weighted by molar-refractivity contribution is -0.137. The van der Waals surface area contributed by atoms with Crippen molar-refractivity contribution in [2.75, 3.05) is 11.1 Å². The van der Waals surface area contributed by atoms with Crippen molar-refractivity contribution in [2.24, 2.45) is 5.92 Å². The average molecular weight is 266 g/mol. The highest BCUT2D eigenvalue weighted by Crippen LogP contribution is 2.32. The molecule has 1 aromatic rings. The van der Waals surface area contributed by atoms with Crippen molar-refractivity contribution >= 4 is 24.4 Å². The third-order valence-corrected chi connectivity index (χ3v) is 2.76. The van der Waals surface area contributed by atoms with Gasteiger partial charge in [0.1, 0.15) is 11.4 Å². The van der Waals surface area contributed by atoms with Crippen molar-refractivity contribution in [3.8, 4) is 0 Å². The molecule has 0 spiro atoms. The highest BCUT2D eigenvalue weighted by Gasteiger charge is 2.34. The maximum Gasteiger partial charge on any atom is 0.421 e. The van der Waals surface area contributed by atoms with E-state index in [1.54, 1.807) is 0 Å². The van der Waals surface area contributed by atoms with Crippen LogP contribution in [0.4, 0.5) is 24.9 Å². The lowest BCUT2D eigenvalue weighted by Crippen LogP contribution is -2.21. The van der Waals surface area contributed by atoms with E-state index in [-0.39, 0.29) is 17.2 Å². The summed E-state index contributed by atoms with van der Waals surface area (Å²) in [5, 5.41) is 2.50. The lowest BCUT2D eigenvalue weighted by atomic mass is 10.2. The second-order valence-corrected chi connectivity index (χ2v) is 4.38. The highest BCUT2D eigenvalue weighted by molar-refractivity contribution is 7.81. The van der Waals surface area contributed by atoms with Crippen LogP contribution in [0.5, 0.6) is 0 Å². The summed E-state index contributed by atoms with van der Waals surface area (Å²) in [6.07, 6.45) is -3.88. The Morgan fingerprint density at radius 1 is 1.41 bits per heavy atom. The molecular formula is C9H13F3N4S. The number of aromatic nitrogens is 2. The summed E-state index contributed by atoms with van der Waals surface area (Å²) in [5.41, 5.74) is 4.18. The number of hydrogen-bond donors (Lipinski definition) is 3. The molecule has 0 aliphatic heterocycles. The van der Waals surface area contributed by atoms with Gasteiger partial charge in [0.25, 0.3) is 0 Å². The Labute approximate surface area is 102 Å². The van der Waals surface area contributed by atoms with Crippen molar-refractivity contribution in [3.05, 3.63) is 11.8 Å². The van der Waals surface area contributed by atoms with Gasteiger partial charge in [-0.3, -0.25) is 0 Å². The van der Waals surface area contributed by atoms with E-state index in [2.05, 4.69) is 27.9 Å². The SMILES string of the molecule is CC(C)[C@@H](S)Nc1ncc(C(F)(F)F)c(N)n1. The molecule has 0 aliphatic rings. The van der Waals surface area contributed by atoms with Gasteiger partial charge in [-0.1, -0.05) is 13.8 Å². The number of nitrogens with one attached hydrogen (secondary N) is 1. The van der Waals surface area contributed by atoms with Gasteiger partial charge in [-0.25, -0.2) is 4.98 Å². The predicted molar refractivity (Wildman–Crippen MR) is 62.7 cm³/mol. The van der Waals surface area contributed by atoms with Crippen LogP contribution in [0.3, 0.4) is 0 Å². The fourth-order valence-corrected chi connectivity index (χ4v) is 1.10. The molecule has 1 rings (SSSR count). The van der Waals surface area contributed by atoms with E-state index in [1.807, 2.05) is 13.8 Å². The number of alkyl halides is 3. The zero-order valence-corrected chi connectivity index (χ0v) is 10.2. The van der Waals surface area contributed by atoms with Gasteiger partial charge in [0.2, 0.25) is 5.95 Å². The third kappa shape index (κ3) is 3.65. The number of nitrogens with zero attached hydrogens (tertiary/aromatic N) is 2. The molecular weight excluding hydrogens is 253 g/mol. The summed E-state index contributed by atoms with van der Waals surface area (Å²) in [4.78, 5) is 7.11. The molecule has 3 N–H and O–H groups in total. The van der Waals surface area contributed by atoms with Crippen molar-refractivity contribution < 1.29 is 13.2 Å². The molecule has 4 nitrogen and oxygen atoms in total. The van der Waals surface area contributed by atoms with E-state index in [1.165, 1.54) is 0 Å². The van der Waals surface area contributed by atoms with E-state index in [0.29, 0.717) is 6.20 Å². The van der Waals surface area contributed by atoms with E-state index in [4.69, 9.17) is 5.73 Å². The zero-order valence-electron chi connectivity index (χ0n) is 9.28. The minimum atomic E-state index is -4.54. The van der Waals surface area contributed by atoms with Gasteiger partial charge in [0.15, 0.2) is 0 Å². The summed E-state index contributed by atoms with van der Waals surface area (Å²) in [6, 6.07) is 0. The molecule has 1 atom stereocenters. The van der Waals surface area contributed by atoms with Crippen LogP contribution in [-0.2, 0) is 6.18 Å². The molecule has 0 unspecified atom stereocenters. The van der Waals surface area contributed by atoms with Crippen molar-refractivity contribution in [3.63, 3.8) is 0 Å². The van der Waals surface area contributed by atoms with Gasteiger partial charge in [-0.2, -0.15) is 30.8 Å². The van der Waals surface area contributed by atoms with Crippen LogP contribution in [0, 0.1) is 5.92 Å². The smallest absolute Gasteiger partial charge is 0.383 e. The molecule has 1 aromatic heterocycles. The second kappa shape index (κ2) is 4.99. The Morgan fingerprint density at radius 2 is 2.00 bits per heavy atom. The minimum absolute atomic E-state index is 0.0317. The van der Waals surface area contributed by atoms with Gasteiger partial charge < -0.3 is 11.1 Å². The summed E-state index contributed by atoms with van der Waals surface area (Å²) in [5.74, 6) is -0.395. The van der Waals surface area contributed by atoms with Crippen LogP contribution in [0.2, 0.25) is 0 Å². The van der Waals surface area contributed by atoms with E-state index < -0.39 is 17.6 Å². The van der Waals surface area contributed by atoms with Gasteiger partial charge in [-0.15, -0.1) is 0 Å². The second-order valence-electron chi connectivity index (χ2n) is 3.82. The number of nitrogen functional groups attached to an aromatic ring is 1. The maximum atomic E-state index is 12.4. The fraction of sp³-hybridized carbons (Fsp3) is 0.556. The van der Waals surface area contributed by atoms with Crippen LogP contribution in [0.25, 0.3) is 0 Å². The quantitative estimate of drug-likeness (QED) is 0.580. The first-order chi connectivity index (χ1) is 7.71. The molecule has 8 heteroatoms.